The van der Waals surface area contributed by atoms with Crippen molar-refractivity contribution in [3.63, 3.8) is 0 Å². The van der Waals surface area contributed by atoms with Gasteiger partial charge in [-0.1, -0.05) is 23.7 Å². The summed E-state index contributed by atoms with van der Waals surface area (Å²) in [6.07, 6.45) is 3.89. The molecule has 2 atom stereocenters. The molecule has 1 saturated carbocycles. The number of amides is 2. The Hall–Kier alpha value is -3.13. The van der Waals surface area contributed by atoms with Crippen molar-refractivity contribution >= 4 is 34.8 Å². The van der Waals surface area contributed by atoms with Crippen LogP contribution in [0.1, 0.15) is 41.0 Å². The van der Waals surface area contributed by atoms with Crippen molar-refractivity contribution < 1.29 is 9.59 Å². The number of carbonyl (C=O) groups is 2. The van der Waals surface area contributed by atoms with Crippen LogP contribution in [0.2, 0.25) is 5.02 Å². The van der Waals surface area contributed by atoms with Crippen LogP contribution in [0, 0.1) is 12.8 Å². The number of benzene rings is 1. The molecule has 4 rings (SSSR count). The van der Waals surface area contributed by atoms with E-state index >= 15 is 0 Å². The molecule has 0 spiro atoms. The molecule has 2 heterocycles. The number of nitrogens with zero attached hydrogens (tertiary/aromatic N) is 4. The molecule has 1 fully saturated rings. The van der Waals surface area contributed by atoms with Gasteiger partial charge in [-0.3, -0.25) is 19.0 Å². The molecule has 0 radical (unpaired) electrons. The van der Waals surface area contributed by atoms with E-state index in [-0.39, 0.29) is 23.7 Å². The van der Waals surface area contributed by atoms with Gasteiger partial charge in [0.2, 0.25) is 5.91 Å². The van der Waals surface area contributed by atoms with Crippen LogP contribution in [-0.4, -0.2) is 31.4 Å². The van der Waals surface area contributed by atoms with E-state index in [1.165, 1.54) is 6.20 Å². The first kappa shape index (κ1) is 20.2. The third-order valence-corrected chi connectivity index (χ3v) is 5.77. The highest BCUT2D eigenvalue weighted by atomic mass is 35.5. The van der Waals surface area contributed by atoms with Gasteiger partial charge in [-0.2, -0.15) is 10.2 Å². The van der Waals surface area contributed by atoms with Crippen LogP contribution >= 0.6 is 11.6 Å². The monoisotopic (exact) mass is 426 g/mol. The van der Waals surface area contributed by atoms with Crippen molar-refractivity contribution in [3.05, 3.63) is 58.6 Å². The normalized spacial score (nSPS) is 17.6. The Morgan fingerprint density at radius 3 is 2.47 bits per heavy atom. The molecule has 2 N–H and O–H groups in total. The highest BCUT2D eigenvalue weighted by Gasteiger charge is 2.44. The van der Waals surface area contributed by atoms with Crippen LogP contribution in [-0.2, 0) is 18.4 Å². The number of halogens is 1. The Labute approximate surface area is 179 Å². The minimum absolute atomic E-state index is 0.114. The van der Waals surface area contributed by atoms with Gasteiger partial charge in [0.05, 0.1) is 29.5 Å². The quantitative estimate of drug-likeness (QED) is 0.629. The highest BCUT2D eigenvalue weighted by Crippen LogP contribution is 2.48. The zero-order valence-electron chi connectivity index (χ0n) is 17.0. The third kappa shape index (κ3) is 3.82. The van der Waals surface area contributed by atoms with Crippen molar-refractivity contribution in [1.29, 1.82) is 0 Å². The minimum atomic E-state index is -0.342. The Balaban J connectivity index is 1.49. The van der Waals surface area contributed by atoms with Gasteiger partial charge in [0.25, 0.3) is 5.91 Å². The average Bonchev–Trinajstić information content (AvgIpc) is 3.35. The number of aromatic nitrogens is 4. The molecular formula is C21H23ClN6O2. The fraction of sp³-hybridized carbons (Fsp3) is 0.333. The fourth-order valence-corrected chi connectivity index (χ4v) is 3.67. The molecule has 156 valence electrons. The maximum Gasteiger partial charge on any atom is 0.276 e. The lowest BCUT2D eigenvalue weighted by Crippen LogP contribution is -2.22. The lowest BCUT2D eigenvalue weighted by molar-refractivity contribution is -0.117. The summed E-state index contributed by atoms with van der Waals surface area (Å²) in [4.78, 5) is 25.7. The van der Waals surface area contributed by atoms with Gasteiger partial charge in [-0.25, -0.2) is 0 Å². The Morgan fingerprint density at radius 1 is 1.13 bits per heavy atom. The Morgan fingerprint density at radius 2 is 1.83 bits per heavy atom. The van der Waals surface area contributed by atoms with Crippen LogP contribution in [0.15, 0.2) is 36.7 Å². The SMILES string of the molecule is CCn1ncc(NC(=O)C2CC2c2ccc(Cl)cc2)c1C(=O)Nc1cnn(C)c1C. The molecule has 3 aromatic rings. The predicted octanol–water partition coefficient (Wildman–Crippen LogP) is 3.59. The number of aryl methyl sites for hydroxylation is 2. The first-order valence-electron chi connectivity index (χ1n) is 9.81. The first-order valence-corrected chi connectivity index (χ1v) is 10.2. The second-order valence-electron chi connectivity index (χ2n) is 7.43. The largest absolute Gasteiger partial charge is 0.322 e. The number of hydrogen-bond acceptors (Lipinski definition) is 4. The molecule has 2 aromatic heterocycles. The molecule has 8 nitrogen and oxygen atoms in total. The van der Waals surface area contributed by atoms with Crippen molar-refractivity contribution in [3.8, 4) is 0 Å². The number of nitrogens with one attached hydrogen (secondary N) is 2. The molecule has 9 heteroatoms. The van der Waals surface area contributed by atoms with E-state index in [2.05, 4.69) is 20.8 Å². The molecule has 2 amide bonds. The van der Waals surface area contributed by atoms with Crippen LogP contribution in [0.5, 0.6) is 0 Å². The first-order chi connectivity index (χ1) is 14.4. The van der Waals surface area contributed by atoms with E-state index in [0.29, 0.717) is 28.6 Å². The number of rotatable bonds is 6. The topological polar surface area (TPSA) is 93.8 Å². The highest BCUT2D eigenvalue weighted by molar-refractivity contribution is 6.30. The van der Waals surface area contributed by atoms with E-state index < -0.39 is 0 Å². The van der Waals surface area contributed by atoms with Crippen LogP contribution in [0.25, 0.3) is 0 Å². The van der Waals surface area contributed by atoms with E-state index in [4.69, 9.17) is 11.6 Å². The lowest BCUT2D eigenvalue weighted by Gasteiger charge is -2.10. The van der Waals surface area contributed by atoms with E-state index in [1.807, 2.05) is 38.1 Å². The number of carbonyl (C=O) groups excluding carboxylic acids is 2. The van der Waals surface area contributed by atoms with Crippen LogP contribution in [0.3, 0.4) is 0 Å². The molecule has 1 aliphatic carbocycles. The van der Waals surface area contributed by atoms with Crippen molar-refractivity contribution in [2.45, 2.75) is 32.7 Å². The van der Waals surface area contributed by atoms with Gasteiger partial charge in [-0.15, -0.1) is 0 Å². The molecule has 30 heavy (non-hydrogen) atoms. The summed E-state index contributed by atoms with van der Waals surface area (Å²) in [7, 11) is 1.81. The van der Waals surface area contributed by atoms with Crippen molar-refractivity contribution in [2.24, 2.45) is 13.0 Å². The summed E-state index contributed by atoms with van der Waals surface area (Å²) in [5, 5.41) is 14.8. The van der Waals surface area contributed by atoms with E-state index in [1.54, 1.807) is 22.6 Å². The standard InChI is InChI=1S/C21H23ClN6O2/c1-4-28-19(21(30)25-17-10-23-27(3)12(17)2)18(11-24-28)26-20(29)16-9-15(16)13-5-7-14(22)8-6-13/h5-8,10-11,15-16H,4,9H2,1-3H3,(H,25,30)(H,26,29). The zero-order chi connectivity index (χ0) is 21.4. The summed E-state index contributed by atoms with van der Waals surface area (Å²) in [6.45, 7) is 4.26. The van der Waals surface area contributed by atoms with Crippen LogP contribution in [0.4, 0.5) is 11.4 Å². The van der Waals surface area contributed by atoms with E-state index in [9.17, 15) is 9.59 Å². The van der Waals surface area contributed by atoms with Gasteiger partial charge in [0, 0.05) is 24.5 Å². The van der Waals surface area contributed by atoms with Gasteiger partial charge in [0.15, 0.2) is 0 Å². The van der Waals surface area contributed by atoms with E-state index in [0.717, 1.165) is 17.7 Å². The molecule has 0 bridgehead atoms. The summed E-state index contributed by atoms with van der Waals surface area (Å²) in [6, 6.07) is 7.56. The van der Waals surface area contributed by atoms with Gasteiger partial charge >= 0.3 is 0 Å². The summed E-state index contributed by atoms with van der Waals surface area (Å²) >= 11 is 5.94. The summed E-state index contributed by atoms with van der Waals surface area (Å²) in [5.74, 6) is -0.422. The summed E-state index contributed by atoms with van der Waals surface area (Å²) in [5.41, 5.74) is 3.27. The maximum absolute atomic E-state index is 12.9. The minimum Gasteiger partial charge on any atom is -0.322 e. The van der Waals surface area contributed by atoms with Gasteiger partial charge in [0.1, 0.15) is 5.69 Å². The lowest BCUT2D eigenvalue weighted by atomic mass is 10.1. The second-order valence-corrected chi connectivity index (χ2v) is 7.87. The second kappa shape index (κ2) is 7.95. The third-order valence-electron chi connectivity index (χ3n) is 5.52. The van der Waals surface area contributed by atoms with Crippen LogP contribution < -0.4 is 10.6 Å². The molecule has 0 saturated heterocycles. The molecular weight excluding hydrogens is 404 g/mol. The predicted molar refractivity (Wildman–Crippen MR) is 115 cm³/mol. The number of hydrogen-bond donors (Lipinski definition) is 2. The molecule has 2 unspecified atom stereocenters. The fourth-order valence-electron chi connectivity index (χ4n) is 3.55. The van der Waals surface area contributed by atoms with Crippen molar-refractivity contribution in [2.75, 3.05) is 10.6 Å². The zero-order valence-corrected chi connectivity index (χ0v) is 17.8. The molecule has 1 aromatic carbocycles. The number of anilines is 2. The molecule has 0 aliphatic heterocycles. The summed E-state index contributed by atoms with van der Waals surface area (Å²) < 4.78 is 3.25. The van der Waals surface area contributed by atoms with Crippen molar-refractivity contribution in [1.82, 2.24) is 19.6 Å². The smallest absolute Gasteiger partial charge is 0.276 e. The maximum atomic E-state index is 12.9. The average molecular weight is 427 g/mol. The molecule has 1 aliphatic rings. The van der Waals surface area contributed by atoms with Gasteiger partial charge in [-0.05, 0) is 43.9 Å². The van der Waals surface area contributed by atoms with Gasteiger partial charge < -0.3 is 10.6 Å². The Bertz CT molecular complexity index is 1100. The Kier molecular flexibility index (Phi) is 5.34.